The van der Waals surface area contributed by atoms with Crippen LogP contribution in [-0.4, -0.2) is 27.9 Å². The van der Waals surface area contributed by atoms with Crippen LogP contribution < -0.4 is 5.32 Å². The molecule has 5 heteroatoms. The molecule has 0 saturated heterocycles. The summed E-state index contributed by atoms with van der Waals surface area (Å²) in [5.74, 6) is 1.19. The maximum absolute atomic E-state index is 8.88. The van der Waals surface area contributed by atoms with Crippen LogP contribution in [0.2, 0.25) is 0 Å². The smallest absolute Gasteiger partial charge is 0.223 e. The summed E-state index contributed by atoms with van der Waals surface area (Å²) in [6.07, 6.45) is 0.882. The lowest BCUT2D eigenvalue weighted by molar-refractivity contribution is 0.237. The van der Waals surface area contributed by atoms with E-state index >= 15 is 0 Å². The normalized spacial score (nSPS) is 13.2. The number of hydrogen-bond donors (Lipinski definition) is 2. The van der Waals surface area contributed by atoms with Crippen molar-refractivity contribution in [3.63, 3.8) is 0 Å². The monoisotopic (exact) mass is 185 g/mol. The number of rotatable bonds is 5. The molecular formula is C8H15N3O2. The molecule has 1 aromatic rings. The van der Waals surface area contributed by atoms with Gasteiger partial charge < -0.3 is 14.9 Å². The predicted molar refractivity (Wildman–Crippen MR) is 47.0 cm³/mol. The first-order chi connectivity index (χ1) is 6.26. The van der Waals surface area contributed by atoms with Crippen molar-refractivity contribution in [3.05, 3.63) is 11.7 Å². The van der Waals surface area contributed by atoms with Gasteiger partial charge in [0.15, 0.2) is 5.82 Å². The van der Waals surface area contributed by atoms with E-state index in [-0.39, 0.29) is 12.6 Å². The van der Waals surface area contributed by atoms with Gasteiger partial charge in [-0.15, -0.1) is 0 Å². The third-order valence-electron chi connectivity index (χ3n) is 1.83. The Morgan fingerprint density at radius 2 is 2.38 bits per heavy atom. The molecule has 1 aromatic heterocycles. The molecule has 0 aliphatic heterocycles. The maximum Gasteiger partial charge on any atom is 0.223 e. The van der Waals surface area contributed by atoms with Crippen LogP contribution in [0.3, 0.4) is 0 Å². The Morgan fingerprint density at radius 1 is 1.62 bits per heavy atom. The maximum atomic E-state index is 8.88. The quantitative estimate of drug-likeness (QED) is 0.687. The molecule has 0 fully saturated rings. The average Bonchev–Trinajstić information content (AvgIpc) is 2.53. The summed E-state index contributed by atoms with van der Waals surface area (Å²) in [7, 11) is 0. The molecule has 0 amide bonds. The lowest BCUT2D eigenvalue weighted by Crippen LogP contribution is -2.31. The van der Waals surface area contributed by atoms with Gasteiger partial charge in [-0.3, -0.25) is 0 Å². The van der Waals surface area contributed by atoms with E-state index in [9.17, 15) is 0 Å². The standard InChI is InChI=1S/C8H15N3O2/c1-3-7(5-12)9-4-8-10-6(2)13-11-8/h7,9,12H,3-5H2,1-2H3. The SMILES string of the molecule is CCC(CO)NCc1noc(C)n1. The Balaban J connectivity index is 2.33. The number of aryl methyl sites for hydroxylation is 1. The van der Waals surface area contributed by atoms with E-state index in [2.05, 4.69) is 15.5 Å². The summed E-state index contributed by atoms with van der Waals surface area (Å²) < 4.78 is 4.80. The van der Waals surface area contributed by atoms with Crippen molar-refractivity contribution in [2.45, 2.75) is 32.9 Å². The summed E-state index contributed by atoms with van der Waals surface area (Å²) in [5.41, 5.74) is 0. The minimum absolute atomic E-state index is 0.110. The second-order valence-corrected chi connectivity index (χ2v) is 2.90. The molecular weight excluding hydrogens is 170 g/mol. The highest BCUT2D eigenvalue weighted by Crippen LogP contribution is 1.96. The zero-order valence-electron chi connectivity index (χ0n) is 7.95. The fourth-order valence-corrected chi connectivity index (χ4v) is 0.987. The molecule has 0 radical (unpaired) electrons. The number of nitrogens with zero attached hydrogens (tertiary/aromatic N) is 2. The Labute approximate surface area is 77.2 Å². The molecule has 13 heavy (non-hydrogen) atoms. The number of aliphatic hydroxyl groups is 1. The lowest BCUT2D eigenvalue weighted by Gasteiger charge is -2.11. The largest absolute Gasteiger partial charge is 0.395 e. The van der Waals surface area contributed by atoms with Gasteiger partial charge in [-0.2, -0.15) is 4.98 Å². The molecule has 1 unspecified atom stereocenters. The zero-order chi connectivity index (χ0) is 9.68. The van der Waals surface area contributed by atoms with Gasteiger partial charge in [0.2, 0.25) is 5.89 Å². The Morgan fingerprint density at radius 3 is 2.85 bits per heavy atom. The van der Waals surface area contributed by atoms with Crippen molar-refractivity contribution >= 4 is 0 Å². The van der Waals surface area contributed by atoms with Crippen molar-refractivity contribution in [1.29, 1.82) is 0 Å². The van der Waals surface area contributed by atoms with E-state index in [0.29, 0.717) is 18.3 Å². The van der Waals surface area contributed by atoms with Crippen molar-refractivity contribution < 1.29 is 9.63 Å². The number of hydrogen-bond acceptors (Lipinski definition) is 5. The van der Waals surface area contributed by atoms with Crippen molar-refractivity contribution in [2.75, 3.05) is 6.61 Å². The molecule has 5 nitrogen and oxygen atoms in total. The second kappa shape index (κ2) is 4.94. The first-order valence-corrected chi connectivity index (χ1v) is 4.39. The summed E-state index contributed by atoms with van der Waals surface area (Å²) in [6, 6.07) is 0.110. The van der Waals surface area contributed by atoms with Gasteiger partial charge in [0.05, 0.1) is 13.2 Å². The summed E-state index contributed by atoms with van der Waals surface area (Å²) in [5, 5.41) is 15.7. The minimum Gasteiger partial charge on any atom is -0.395 e. The van der Waals surface area contributed by atoms with Gasteiger partial charge in [-0.05, 0) is 6.42 Å². The van der Waals surface area contributed by atoms with Gasteiger partial charge in [0.25, 0.3) is 0 Å². The molecule has 0 aromatic carbocycles. The molecule has 1 atom stereocenters. The third-order valence-corrected chi connectivity index (χ3v) is 1.83. The van der Waals surface area contributed by atoms with Crippen LogP contribution >= 0.6 is 0 Å². The van der Waals surface area contributed by atoms with E-state index < -0.39 is 0 Å². The van der Waals surface area contributed by atoms with Crippen molar-refractivity contribution in [2.24, 2.45) is 0 Å². The van der Waals surface area contributed by atoms with E-state index in [1.807, 2.05) is 6.92 Å². The van der Waals surface area contributed by atoms with Gasteiger partial charge in [0.1, 0.15) is 0 Å². The first-order valence-electron chi connectivity index (χ1n) is 4.39. The van der Waals surface area contributed by atoms with Crippen LogP contribution in [0.15, 0.2) is 4.52 Å². The zero-order valence-corrected chi connectivity index (χ0v) is 7.95. The van der Waals surface area contributed by atoms with Gasteiger partial charge in [-0.25, -0.2) is 0 Å². The van der Waals surface area contributed by atoms with Gasteiger partial charge >= 0.3 is 0 Å². The molecule has 0 aliphatic carbocycles. The second-order valence-electron chi connectivity index (χ2n) is 2.90. The first kappa shape index (κ1) is 10.1. The van der Waals surface area contributed by atoms with Crippen molar-refractivity contribution in [1.82, 2.24) is 15.5 Å². The van der Waals surface area contributed by atoms with Gasteiger partial charge in [0, 0.05) is 13.0 Å². The van der Waals surface area contributed by atoms with Crippen LogP contribution in [0, 0.1) is 6.92 Å². The highest BCUT2D eigenvalue weighted by Gasteiger charge is 2.06. The van der Waals surface area contributed by atoms with Crippen LogP contribution in [0.25, 0.3) is 0 Å². The fraction of sp³-hybridized carbons (Fsp3) is 0.750. The molecule has 2 N–H and O–H groups in total. The predicted octanol–water partition coefficient (Wildman–Crippen LogP) is 0.239. The molecule has 74 valence electrons. The molecule has 0 bridgehead atoms. The van der Waals surface area contributed by atoms with Crippen LogP contribution in [0.1, 0.15) is 25.1 Å². The van der Waals surface area contributed by atoms with Crippen LogP contribution in [-0.2, 0) is 6.54 Å². The van der Waals surface area contributed by atoms with Crippen LogP contribution in [0.5, 0.6) is 0 Å². The minimum atomic E-state index is 0.110. The molecule has 0 saturated carbocycles. The summed E-state index contributed by atoms with van der Waals surface area (Å²) in [4.78, 5) is 4.03. The number of aliphatic hydroxyl groups excluding tert-OH is 1. The number of aromatic nitrogens is 2. The Hall–Kier alpha value is -0.940. The highest BCUT2D eigenvalue weighted by atomic mass is 16.5. The van der Waals surface area contributed by atoms with E-state index in [1.165, 1.54) is 0 Å². The average molecular weight is 185 g/mol. The summed E-state index contributed by atoms with van der Waals surface area (Å²) >= 11 is 0. The lowest BCUT2D eigenvalue weighted by atomic mass is 10.2. The highest BCUT2D eigenvalue weighted by molar-refractivity contribution is 4.83. The third kappa shape index (κ3) is 3.12. The molecule has 0 spiro atoms. The summed E-state index contributed by atoms with van der Waals surface area (Å²) in [6.45, 7) is 4.43. The Kier molecular flexibility index (Phi) is 3.85. The van der Waals surface area contributed by atoms with E-state index in [4.69, 9.17) is 9.63 Å². The van der Waals surface area contributed by atoms with E-state index in [1.54, 1.807) is 6.92 Å². The molecule has 0 aliphatic rings. The molecule has 1 rings (SSSR count). The van der Waals surface area contributed by atoms with E-state index in [0.717, 1.165) is 6.42 Å². The van der Waals surface area contributed by atoms with Crippen LogP contribution in [0.4, 0.5) is 0 Å². The Bertz CT molecular complexity index is 245. The molecule has 1 heterocycles. The van der Waals surface area contributed by atoms with Gasteiger partial charge in [-0.1, -0.05) is 12.1 Å². The topological polar surface area (TPSA) is 71.2 Å². The fourth-order valence-electron chi connectivity index (χ4n) is 0.987. The van der Waals surface area contributed by atoms with Crippen molar-refractivity contribution in [3.8, 4) is 0 Å². The number of nitrogens with one attached hydrogen (secondary N) is 1.